The number of rotatable bonds is 7. The summed E-state index contributed by atoms with van der Waals surface area (Å²) < 4.78 is 0. The molecule has 0 spiro atoms. The van der Waals surface area contributed by atoms with E-state index in [4.69, 9.17) is 5.73 Å². The number of benzene rings is 2. The van der Waals surface area contributed by atoms with Crippen LogP contribution in [-0.2, 0) is 16.0 Å². The third-order valence-corrected chi connectivity index (χ3v) is 5.33. The number of amides is 2. The molecule has 1 aliphatic carbocycles. The Labute approximate surface area is 165 Å². The molecule has 5 heteroatoms. The molecule has 0 bridgehead atoms. The number of primary amides is 1. The molecule has 1 fully saturated rings. The van der Waals surface area contributed by atoms with Crippen LogP contribution in [0.1, 0.15) is 53.6 Å². The summed E-state index contributed by atoms with van der Waals surface area (Å²) in [5.74, 6) is -0.710. The summed E-state index contributed by atoms with van der Waals surface area (Å²) in [6, 6.07) is 15.4. The maximum Gasteiger partial charge on any atom is 0.240 e. The van der Waals surface area contributed by atoms with Gasteiger partial charge in [0.05, 0.1) is 0 Å². The maximum absolute atomic E-state index is 12.5. The van der Waals surface area contributed by atoms with Crippen molar-refractivity contribution in [1.82, 2.24) is 5.32 Å². The summed E-state index contributed by atoms with van der Waals surface area (Å²) in [5.41, 5.74) is 7.56. The lowest BCUT2D eigenvalue weighted by atomic mass is 9.88. The lowest BCUT2D eigenvalue weighted by molar-refractivity contribution is -0.130. The molecule has 1 atom stereocenters. The minimum absolute atomic E-state index is 0.0264. The smallest absolute Gasteiger partial charge is 0.240 e. The van der Waals surface area contributed by atoms with E-state index in [2.05, 4.69) is 5.32 Å². The van der Waals surface area contributed by atoms with Gasteiger partial charge in [-0.25, -0.2) is 0 Å². The molecule has 146 valence electrons. The van der Waals surface area contributed by atoms with Crippen molar-refractivity contribution in [1.29, 1.82) is 0 Å². The van der Waals surface area contributed by atoms with Crippen molar-refractivity contribution in [2.75, 3.05) is 0 Å². The molecule has 2 amide bonds. The molecular weight excluding hydrogens is 352 g/mol. The molecule has 3 N–H and O–H groups in total. The van der Waals surface area contributed by atoms with Crippen molar-refractivity contribution in [3.05, 3.63) is 71.3 Å². The highest BCUT2D eigenvalue weighted by molar-refractivity contribution is 6.08. The normalized spacial score (nSPS) is 15.6. The number of ketones is 1. The largest absolute Gasteiger partial charge is 0.368 e. The van der Waals surface area contributed by atoms with Crippen LogP contribution in [0.25, 0.3) is 0 Å². The molecule has 0 heterocycles. The fraction of sp³-hybridized carbons (Fsp3) is 0.348. The number of hydrogen-bond acceptors (Lipinski definition) is 3. The van der Waals surface area contributed by atoms with Gasteiger partial charge in [0.15, 0.2) is 5.78 Å². The van der Waals surface area contributed by atoms with Crippen LogP contribution in [0.3, 0.4) is 0 Å². The summed E-state index contributed by atoms with van der Waals surface area (Å²) in [7, 11) is 0. The Morgan fingerprint density at radius 1 is 0.893 bits per heavy atom. The Bertz CT molecular complexity index is 825. The predicted octanol–water partition coefficient (Wildman–Crippen LogP) is 3.01. The summed E-state index contributed by atoms with van der Waals surface area (Å²) >= 11 is 0. The highest BCUT2D eigenvalue weighted by Gasteiger charge is 2.25. The van der Waals surface area contributed by atoms with Gasteiger partial charge in [0, 0.05) is 23.5 Å². The Morgan fingerprint density at radius 2 is 1.50 bits per heavy atom. The van der Waals surface area contributed by atoms with E-state index in [1.54, 1.807) is 36.4 Å². The molecule has 1 saturated carbocycles. The van der Waals surface area contributed by atoms with Gasteiger partial charge in [0.2, 0.25) is 11.8 Å². The number of hydrogen-bond donors (Lipinski definition) is 2. The van der Waals surface area contributed by atoms with Crippen LogP contribution >= 0.6 is 0 Å². The van der Waals surface area contributed by atoms with Gasteiger partial charge in [0.25, 0.3) is 0 Å². The lowest BCUT2D eigenvalue weighted by Gasteiger charge is -2.23. The first-order valence-electron chi connectivity index (χ1n) is 9.83. The summed E-state index contributed by atoms with van der Waals surface area (Å²) in [4.78, 5) is 36.8. The van der Waals surface area contributed by atoms with Crippen molar-refractivity contribution in [2.24, 2.45) is 11.7 Å². The van der Waals surface area contributed by atoms with Crippen molar-refractivity contribution in [3.63, 3.8) is 0 Å². The molecule has 0 saturated heterocycles. The molecule has 0 aliphatic heterocycles. The van der Waals surface area contributed by atoms with E-state index in [0.29, 0.717) is 17.5 Å². The Balaban J connectivity index is 1.64. The van der Waals surface area contributed by atoms with E-state index in [-0.39, 0.29) is 17.6 Å². The fourth-order valence-electron chi connectivity index (χ4n) is 3.66. The number of carbonyl (C=O) groups is 3. The summed E-state index contributed by atoms with van der Waals surface area (Å²) in [6.07, 6.45) is 5.32. The van der Waals surface area contributed by atoms with Crippen molar-refractivity contribution < 1.29 is 14.4 Å². The lowest BCUT2D eigenvalue weighted by Crippen LogP contribution is -2.48. The maximum atomic E-state index is 12.5. The summed E-state index contributed by atoms with van der Waals surface area (Å²) in [5, 5.41) is 2.82. The molecule has 0 unspecified atom stereocenters. The van der Waals surface area contributed by atoms with E-state index in [1.165, 1.54) is 0 Å². The predicted molar refractivity (Wildman–Crippen MR) is 108 cm³/mol. The first-order chi connectivity index (χ1) is 13.5. The zero-order valence-corrected chi connectivity index (χ0v) is 15.9. The molecule has 28 heavy (non-hydrogen) atoms. The monoisotopic (exact) mass is 378 g/mol. The standard InChI is InChI=1S/C23H26N2O3/c24-22(27)20(25-23(28)19-9-5-2-6-10-19)15-16-11-13-18(14-12-16)21(26)17-7-3-1-4-8-17/h1,3-4,7-8,11-14,19-20H,2,5-6,9-10,15H2,(H2,24,27)(H,25,28)/t20-/m1/s1. The average Bonchev–Trinajstić information content (AvgIpc) is 2.74. The second-order valence-electron chi connectivity index (χ2n) is 7.39. The van der Waals surface area contributed by atoms with Crippen LogP contribution < -0.4 is 11.1 Å². The molecule has 0 radical (unpaired) electrons. The van der Waals surface area contributed by atoms with Gasteiger partial charge in [-0.3, -0.25) is 14.4 Å². The summed E-state index contributed by atoms with van der Waals surface area (Å²) in [6.45, 7) is 0. The van der Waals surface area contributed by atoms with Gasteiger partial charge in [-0.05, 0) is 18.4 Å². The van der Waals surface area contributed by atoms with Gasteiger partial charge in [-0.15, -0.1) is 0 Å². The number of nitrogens with two attached hydrogens (primary N) is 1. The molecule has 3 rings (SSSR count). The molecule has 5 nitrogen and oxygen atoms in total. The minimum atomic E-state index is -0.745. The van der Waals surface area contributed by atoms with Crippen LogP contribution in [0.5, 0.6) is 0 Å². The zero-order valence-electron chi connectivity index (χ0n) is 15.9. The quantitative estimate of drug-likeness (QED) is 0.726. The van der Waals surface area contributed by atoms with Crippen molar-refractivity contribution >= 4 is 17.6 Å². The first kappa shape index (κ1) is 19.8. The van der Waals surface area contributed by atoms with Gasteiger partial charge in [-0.2, -0.15) is 0 Å². The first-order valence-corrected chi connectivity index (χ1v) is 9.83. The second-order valence-corrected chi connectivity index (χ2v) is 7.39. The highest BCUT2D eigenvalue weighted by Crippen LogP contribution is 2.24. The fourth-order valence-corrected chi connectivity index (χ4v) is 3.66. The van der Waals surface area contributed by atoms with Crippen LogP contribution in [0, 0.1) is 5.92 Å². The Kier molecular flexibility index (Phi) is 6.58. The molecule has 2 aromatic rings. The third kappa shape index (κ3) is 5.06. The van der Waals surface area contributed by atoms with E-state index >= 15 is 0 Å². The molecule has 0 aromatic heterocycles. The van der Waals surface area contributed by atoms with E-state index in [9.17, 15) is 14.4 Å². The third-order valence-electron chi connectivity index (χ3n) is 5.33. The van der Waals surface area contributed by atoms with Gasteiger partial charge >= 0.3 is 0 Å². The number of nitrogens with one attached hydrogen (secondary N) is 1. The molecule has 1 aliphatic rings. The Morgan fingerprint density at radius 3 is 2.11 bits per heavy atom. The van der Waals surface area contributed by atoms with Crippen LogP contribution in [0.2, 0.25) is 0 Å². The zero-order chi connectivity index (χ0) is 19.9. The average molecular weight is 378 g/mol. The Hall–Kier alpha value is -2.95. The van der Waals surface area contributed by atoms with E-state index in [1.807, 2.05) is 18.2 Å². The number of carbonyl (C=O) groups excluding carboxylic acids is 3. The molecule has 2 aromatic carbocycles. The van der Waals surface area contributed by atoms with E-state index in [0.717, 1.165) is 37.7 Å². The SMILES string of the molecule is NC(=O)[C@@H](Cc1ccc(C(=O)c2ccccc2)cc1)NC(=O)C1CCCCC1. The minimum Gasteiger partial charge on any atom is -0.368 e. The van der Waals surface area contributed by atoms with E-state index < -0.39 is 11.9 Å². The van der Waals surface area contributed by atoms with Crippen LogP contribution in [0.15, 0.2) is 54.6 Å². The van der Waals surface area contributed by atoms with Gasteiger partial charge in [-0.1, -0.05) is 73.9 Å². The van der Waals surface area contributed by atoms with Crippen molar-refractivity contribution in [3.8, 4) is 0 Å². The van der Waals surface area contributed by atoms with Gasteiger partial charge in [0.1, 0.15) is 6.04 Å². The topological polar surface area (TPSA) is 89.3 Å². The second kappa shape index (κ2) is 9.31. The van der Waals surface area contributed by atoms with Crippen molar-refractivity contribution in [2.45, 2.75) is 44.6 Å². The van der Waals surface area contributed by atoms with Crippen LogP contribution in [-0.4, -0.2) is 23.6 Å². The highest BCUT2D eigenvalue weighted by atomic mass is 16.2. The van der Waals surface area contributed by atoms with Gasteiger partial charge < -0.3 is 11.1 Å². The molecular formula is C23H26N2O3. The van der Waals surface area contributed by atoms with Crippen LogP contribution in [0.4, 0.5) is 0 Å².